The third-order valence-electron chi connectivity index (χ3n) is 19.1. The van der Waals surface area contributed by atoms with E-state index in [-0.39, 0.29) is 69.6 Å². The minimum Gasteiger partial charge on any atom is -0.481 e. The standard InChI is InChI=1S/C76H120N22O24/c1-6-7-8-9-13-20-61(107)122-38-54(96-70(115)52(36-99)86-59(104)34-77)71(116)93-50(32-42-16-11-10-12-17-42)68(113)92-49(31-40(2)3)67(112)95-53(37-100)74(119)98-30-15-19-55(98)72(117)89-47(24-28-60(105)106)65(110)94-51(33-43-35-83-39-85-43)69(114)88-45(21-25-56(78)101)63(108)87-44(18-14-29-84-76(81)82)66(111)97-62(41(4)5)73(118)90-46(22-26-57(79)102)64(109)91-48(75(120)121)23-27-58(80)103/h10-12,16-17,35,39-41,44-55,62,99-100H,6-9,13-15,18-34,36-38,77H2,1-5H3,(H2,78,101)(H2,79,102)(H2,80,103)(H,83,85)(H,86,104)(H,87,108)(H,88,114)(H,89,117)(H,90,118)(H,91,109)(H,92,113)(H,93,116)(H,94,110)(H,95,112)(H,96,115)(H,97,111)(H,105,106)(H,120,121)(H4,81,82,84)/t44-,45-,46-,47-,48-,49-,50-,51-,52-,53-,54-,55+,62-/m0/s1. The number of ether oxygens (including phenoxy) is 1. The fourth-order valence-electron chi connectivity index (χ4n) is 12.5. The second kappa shape index (κ2) is 54.6. The van der Waals surface area contributed by atoms with E-state index in [2.05, 4.69) is 79.1 Å². The Morgan fingerprint density at radius 1 is 0.525 bits per heavy atom. The summed E-state index contributed by atoms with van der Waals surface area (Å²) in [6, 6.07) is -13.7. The van der Waals surface area contributed by atoms with Crippen molar-refractivity contribution in [3.63, 3.8) is 0 Å². The largest absolute Gasteiger partial charge is 0.481 e. The van der Waals surface area contributed by atoms with Crippen LogP contribution < -0.4 is 97.8 Å². The van der Waals surface area contributed by atoms with Gasteiger partial charge in [0.2, 0.25) is 94.5 Å². The molecule has 3 rings (SSSR count). The highest BCUT2D eigenvalue weighted by atomic mass is 16.5. The number of aliphatic hydroxyl groups excluding tert-OH is 2. The summed E-state index contributed by atoms with van der Waals surface area (Å²) in [5, 5.41) is 79.6. The Bertz CT molecular complexity index is 3890. The molecule has 2 heterocycles. The van der Waals surface area contributed by atoms with Gasteiger partial charge in [0.15, 0.2) is 5.96 Å². The first-order valence-electron chi connectivity index (χ1n) is 40.1. The van der Waals surface area contributed by atoms with Crippen molar-refractivity contribution in [2.75, 3.05) is 39.5 Å². The van der Waals surface area contributed by atoms with Gasteiger partial charge in [-0.2, -0.15) is 0 Å². The Morgan fingerprint density at radius 3 is 1.51 bits per heavy atom. The van der Waals surface area contributed by atoms with E-state index in [0.29, 0.717) is 18.4 Å². The summed E-state index contributed by atoms with van der Waals surface area (Å²) in [4.78, 5) is 265. The number of carboxylic acids is 2. The molecule has 122 heavy (non-hydrogen) atoms. The molecule has 13 atom stereocenters. The number of nitrogens with zero attached hydrogens (tertiary/aromatic N) is 2. The van der Waals surface area contributed by atoms with Gasteiger partial charge in [0.05, 0.1) is 26.1 Å². The van der Waals surface area contributed by atoms with Crippen molar-refractivity contribution in [2.45, 2.75) is 248 Å². The molecular weight excluding hydrogens is 1600 g/mol. The highest BCUT2D eigenvalue weighted by molar-refractivity contribution is 6.01. The SMILES string of the molecule is CCCCCCCC(=O)OC[C@H](NC(=O)[C@H](CO)NC(=O)CN)C(=O)N[C@@H](Cc1ccccc1)C(=O)N[C@@H](CC(C)C)C(=O)N[C@@H](CO)C(=O)N1CCC[C@@H]1C(=O)N[C@@H](CCC(=O)O)C(=O)N[C@@H](Cc1cnc[nH]1)C(=O)N[C@@H](CCC(N)=O)C(=O)N[C@@H](CCCNC(=N)N)C(=O)N[C@H](C(=O)N[C@@H](CCC(N)=O)C(=O)N[C@@H](CCC(N)=O)C(=O)O)C(C)C. The van der Waals surface area contributed by atoms with Gasteiger partial charge in [0, 0.05) is 69.9 Å². The molecule has 0 unspecified atom stereocenters. The number of hydrogen-bond acceptors (Lipinski definition) is 25. The van der Waals surface area contributed by atoms with Gasteiger partial charge in [0.1, 0.15) is 85.2 Å². The zero-order valence-corrected chi connectivity index (χ0v) is 69.0. The zero-order chi connectivity index (χ0) is 91.3. The van der Waals surface area contributed by atoms with Crippen molar-refractivity contribution in [3.05, 3.63) is 54.1 Å². The predicted octanol–water partition coefficient (Wildman–Crippen LogP) is -7.44. The Hall–Kier alpha value is -12.5. The van der Waals surface area contributed by atoms with E-state index in [1.54, 1.807) is 44.2 Å². The Labute approximate surface area is 703 Å². The van der Waals surface area contributed by atoms with Crippen molar-refractivity contribution in [1.29, 1.82) is 5.41 Å². The molecule has 0 radical (unpaired) electrons. The van der Waals surface area contributed by atoms with Crippen LogP contribution in [0.5, 0.6) is 0 Å². The van der Waals surface area contributed by atoms with E-state index in [0.717, 1.165) is 24.2 Å². The number of H-pyrrole nitrogens is 1. The average Bonchev–Trinajstić information content (AvgIpc) is 1.61. The molecule has 1 aliphatic rings. The smallest absolute Gasteiger partial charge is 0.326 e. The molecule has 1 aromatic heterocycles. The Kier molecular flexibility index (Phi) is 46.4. The number of hydrogen-bond donors (Lipinski definition) is 24. The number of benzene rings is 1. The van der Waals surface area contributed by atoms with E-state index in [1.165, 1.54) is 26.4 Å². The molecule has 46 nitrogen and oxygen atoms in total. The number of guanidine groups is 1. The maximum Gasteiger partial charge on any atom is 0.326 e. The van der Waals surface area contributed by atoms with Crippen molar-refractivity contribution in [3.8, 4) is 0 Å². The number of esters is 1. The van der Waals surface area contributed by atoms with Crippen LogP contribution in [-0.2, 0) is 109 Å². The number of aliphatic carboxylic acids is 2. The quantitative estimate of drug-likeness (QED) is 0.0127. The lowest BCUT2D eigenvalue weighted by Gasteiger charge is -2.31. The molecular formula is C76H120N22O24. The Balaban J connectivity index is 1.98. The van der Waals surface area contributed by atoms with E-state index < -0.39 is 287 Å². The van der Waals surface area contributed by atoms with Crippen LogP contribution in [0.4, 0.5) is 0 Å². The van der Waals surface area contributed by atoms with E-state index in [9.17, 15) is 112 Å². The molecule has 0 aliphatic carbocycles. The number of carbonyl (C=O) groups is 19. The van der Waals surface area contributed by atoms with Crippen LogP contribution >= 0.6 is 0 Å². The zero-order valence-electron chi connectivity index (χ0n) is 69.0. The first-order chi connectivity index (χ1) is 57.7. The molecule has 1 aromatic carbocycles. The number of carboxylic acid groups (broad SMARTS) is 2. The van der Waals surface area contributed by atoms with Crippen LogP contribution in [0.3, 0.4) is 0 Å². The fraction of sp³-hybridized carbons (Fsp3) is 0.618. The van der Waals surface area contributed by atoms with Crippen molar-refractivity contribution < 1.29 is 116 Å². The second-order valence-electron chi connectivity index (χ2n) is 29.9. The summed E-state index contributed by atoms with van der Waals surface area (Å²) in [6.07, 6.45) is 0.500. The molecule has 678 valence electrons. The molecule has 0 spiro atoms. The molecule has 29 N–H and O–H groups in total. The average molecular weight is 1730 g/mol. The lowest BCUT2D eigenvalue weighted by Crippen LogP contribution is -2.62. The van der Waals surface area contributed by atoms with Crippen LogP contribution in [-0.4, -0.2) is 272 Å². The van der Waals surface area contributed by atoms with Gasteiger partial charge in [-0.1, -0.05) is 90.6 Å². The van der Waals surface area contributed by atoms with Gasteiger partial charge in [-0.05, 0) is 81.6 Å². The summed E-state index contributed by atoms with van der Waals surface area (Å²) in [5.41, 5.74) is 27.5. The number of likely N-dealkylation sites (tertiary alicyclic amines) is 1. The summed E-state index contributed by atoms with van der Waals surface area (Å²) in [7, 11) is 0. The molecule has 2 aromatic rings. The highest BCUT2D eigenvalue weighted by Crippen LogP contribution is 2.21. The van der Waals surface area contributed by atoms with Crippen LogP contribution in [0.2, 0.25) is 0 Å². The van der Waals surface area contributed by atoms with Gasteiger partial charge in [-0.15, -0.1) is 0 Å². The lowest BCUT2D eigenvalue weighted by molar-refractivity contribution is -0.147. The highest BCUT2D eigenvalue weighted by Gasteiger charge is 2.42. The van der Waals surface area contributed by atoms with E-state index in [4.69, 9.17) is 38.8 Å². The minimum atomic E-state index is -1.84. The van der Waals surface area contributed by atoms with Gasteiger partial charge in [-0.3, -0.25) is 91.7 Å². The third-order valence-corrected chi connectivity index (χ3v) is 19.1. The number of aliphatic hydroxyl groups is 2. The number of carbonyl (C=O) groups excluding carboxylic acids is 17. The predicted molar refractivity (Wildman–Crippen MR) is 431 cm³/mol. The fourth-order valence-corrected chi connectivity index (χ4v) is 12.5. The van der Waals surface area contributed by atoms with E-state index >= 15 is 0 Å². The van der Waals surface area contributed by atoms with Gasteiger partial charge >= 0.3 is 17.9 Å². The molecule has 1 saturated heterocycles. The van der Waals surface area contributed by atoms with Crippen LogP contribution in [0.25, 0.3) is 0 Å². The summed E-state index contributed by atoms with van der Waals surface area (Å²) < 4.78 is 5.42. The second-order valence-corrected chi connectivity index (χ2v) is 29.9. The molecule has 1 aliphatic heterocycles. The van der Waals surface area contributed by atoms with Crippen LogP contribution in [0.1, 0.15) is 168 Å². The number of unbranched alkanes of at least 4 members (excludes halogenated alkanes) is 4. The third kappa shape index (κ3) is 38.7. The molecule has 0 bridgehead atoms. The number of rotatable bonds is 59. The summed E-state index contributed by atoms with van der Waals surface area (Å²) in [6.45, 7) is 4.65. The number of nitrogens with one attached hydrogen (secondary N) is 15. The van der Waals surface area contributed by atoms with Crippen molar-refractivity contribution >= 4 is 118 Å². The first-order valence-corrected chi connectivity index (χ1v) is 40.1. The molecule has 0 saturated carbocycles. The first kappa shape index (κ1) is 104. The molecule has 1 fully saturated rings. The maximum atomic E-state index is 14.7. The van der Waals surface area contributed by atoms with Gasteiger partial charge in [0.25, 0.3) is 0 Å². The maximum absolute atomic E-state index is 14.7. The van der Waals surface area contributed by atoms with Crippen molar-refractivity contribution in [2.24, 2.45) is 40.5 Å². The van der Waals surface area contributed by atoms with E-state index in [1.807, 2.05) is 6.92 Å². The normalized spacial score (nSPS) is 15.3. The monoisotopic (exact) mass is 1720 g/mol. The lowest BCUT2D eigenvalue weighted by atomic mass is 10.0. The minimum absolute atomic E-state index is 0.0413. The number of aromatic amines is 1. The summed E-state index contributed by atoms with van der Waals surface area (Å²) in [5.74, 6) is -22.3. The topological polar surface area (TPSA) is 757 Å². The number of imidazole rings is 1. The molecule has 16 amide bonds. The summed E-state index contributed by atoms with van der Waals surface area (Å²) >= 11 is 0. The van der Waals surface area contributed by atoms with Crippen LogP contribution in [0.15, 0.2) is 42.9 Å². The van der Waals surface area contributed by atoms with Crippen molar-refractivity contribution in [1.82, 2.24) is 84.0 Å². The number of primary amides is 3. The number of amides is 16. The van der Waals surface area contributed by atoms with Gasteiger partial charge < -0.3 is 133 Å². The Morgan fingerprint density at radius 2 is 0.992 bits per heavy atom. The number of nitrogens with two attached hydrogens (primary N) is 5. The van der Waals surface area contributed by atoms with Crippen LogP contribution in [0, 0.1) is 17.2 Å². The number of aromatic nitrogens is 2. The molecule has 46 heteroatoms. The van der Waals surface area contributed by atoms with Gasteiger partial charge in [-0.25, -0.2) is 9.78 Å².